The van der Waals surface area contributed by atoms with Gasteiger partial charge in [-0.15, -0.1) is 0 Å². The van der Waals surface area contributed by atoms with Gasteiger partial charge < -0.3 is 10.2 Å². The van der Waals surface area contributed by atoms with Crippen molar-refractivity contribution in [3.63, 3.8) is 0 Å². The van der Waals surface area contributed by atoms with Crippen molar-refractivity contribution in [3.8, 4) is 5.75 Å². The molecule has 0 spiro atoms. The number of nitrogens with zero attached hydrogens (tertiary/aromatic N) is 2. The zero-order valence-electron chi connectivity index (χ0n) is 14.5. The number of aromatic nitrogens is 3. The zero-order chi connectivity index (χ0) is 18.4. The first-order valence-corrected chi connectivity index (χ1v) is 9.30. The number of halogens is 1. The molecule has 26 heavy (non-hydrogen) atoms. The van der Waals surface area contributed by atoms with E-state index in [9.17, 15) is 0 Å². The summed E-state index contributed by atoms with van der Waals surface area (Å²) in [7, 11) is 0. The summed E-state index contributed by atoms with van der Waals surface area (Å²) in [5, 5.41) is 7.79. The third kappa shape index (κ3) is 4.86. The van der Waals surface area contributed by atoms with E-state index in [1.54, 1.807) is 0 Å². The van der Waals surface area contributed by atoms with Crippen molar-refractivity contribution in [1.82, 2.24) is 14.9 Å². The van der Waals surface area contributed by atoms with Crippen LogP contribution in [0.25, 0.3) is 0 Å². The first-order chi connectivity index (χ1) is 12.7. The van der Waals surface area contributed by atoms with Crippen LogP contribution in [-0.2, 0) is 19.6 Å². The van der Waals surface area contributed by atoms with E-state index in [0.29, 0.717) is 22.9 Å². The molecular formula is C19H21ClN4OS. The number of hydrogen-bond donors (Lipinski definition) is 2. The second-order valence-electron chi connectivity index (χ2n) is 5.93. The van der Waals surface area contributed by atoms with Gasteiger partial charge in [0.25, 0.3) is 0 Å². The molecular weight excluding hydrogens is 368 g/mol. The quantitative estimate of drug-likeness (QED) is 0.540. The van der Waals surface area contributed by atoms with Gasteiger partial charge in [-0.1, -0.05) is 42.8 Å². The Kier molecular flexibility index (Phi) is 6.30. The number of rotatable bonds is 8. The summed E-state index contributed by atoms with van der Waals surface area (Å²) < 4.78 is 8.22. The maximum Gasteiger partial charge on any atom is 0.214 e. The van der Waals surface area contributed by atoms with E-state index >= 15 is 0 Å². The lowest BCUT2D eigenvalue weighted by Gasteiger charge is -2.11. The van der Waals surface area contributed by atoms with E-state index in [4.69, 9.17) is 28.6 Å². The van der Waals surface area contributed by atoms with Crippen molar-refractivity contribution < 1.29 is 4.74 Å². The van der Waals surface area contributed by atoms with Crippen molar-refractivity contribution in [2.24, 2.45) is 0 Å². The van der Waals surface area contributed by atoms with Crippen LogP contribution in [-0.4, -0.2) is 14.9 Å². The smallest absolute Gasteiger partial charge is 0.214 e. The van der Waals surface area contributed by atoms with Crippen molar-refractivity contribution in [3.05, 3.63) is 75.3 Å². The second kappa shape index (κ2) is 8.87. The molecule has 0 atom stereocenters. The Bertz CT molecular complexity index is 904. The summed E-state index contributed by atoms with van der Waals surface area (Å²) in [4.78, 5) is 0. The summed E-state index contributed by atoms with van der Waals surface area (Å²) in [5.74, 6) is 1.74. The van der Waals surface area contributed by atoms with Gasteiger partial charge in [0.1, 0.15) is 12.4 Å². The van der Waals surface area contributed by atoms with Crippen LogP contribution in [0.5, 0.6) is 5.75 Å². The molecule has 0 saturated carbocycles. The maximum atomic E-state index is 5.99. The number of ether oxygens (including phenoxy) is 1. The summed E-state index contributed by atoms with van der Waals surface area (Å²) >= 11 is 11.3. The highest BCUT2D eigenvalue weighted by Crippen LogP contribution is 2.16. The Labute approximate surface area is 162 Å². The Morgan fingerprint density at radius 3 is 2.73 bits per heavy atom. The number of H-pyrrole nitrogens is 1. The zero-order valence-corrected chi connectivity index (χ0v) is 16.1. The summed E-state index contributed by atoms with van der Waals surface area (Å²) in [6.45, 7) is 3.26. The standard InChI is InChI=1S/C19H21ClN4OS/c1-2-4-18-22-23-19(26)24(18)21-12-14-7-9-17(10-8-14)25-13-15-5-3-6-16(20)11-15/h3,5-11,21H,2,4,12-13H2,1H3,(H,23,26). The van der Waals surface area contributed by atoms with Crippen LogP contribution in [0.1, 0.15) is 30.3 Å². The van der Waals surface area contributed by atoms with Gasteiger partial charge in [0.05, 0.1) is 6.54 Å². The minimum atomic E-state index is 0.489. The van der Waals surface area contributed by atoms with Crippen LogP contribution in [0.3, 0.4) is 0 Å². The number of aryl methyl sites for hydroxylation is 1. The third-order valence-corrected chi connectivity index (χ3v) is 4.38. The molecule has 0 bridgehead atoms. The van der Waals surface area contributed by atoms with Crippen LogP contribution in [0.2, 0.25) is 5.02 Å². The van der Waals surface area contributed by atoms with Gasteiger partial charge >= 0.3 is 0 Å². The molecule has 7 heteroatoms. The van der Waals surface area contributed by atoms with Crippen molar-refractivity contribution >= 4 is 23.8 Å². The van der Waals surface area contributed by atoms with E-state index in [-0.39, 0.29) is 0 Å². The van der Waals surface area contributed by atoms with E-state index in [1.165, 1.54) is 0 Å². The first kappa shape index (κ1) is 18.5. The Morgan fingerprint density at radius 1 is 1.19 bits per heavy atom. The molecule has 2 aromatic carbocycles. The van der Waals surface area contributed by atoms with Gasteiger partial charge in [-0.05, 0) is 54.0 Å². The molecule has 0 aliphatic carbocycles. The monoisotopic (exact) mass is 388 g/mol. The van der Waals surface area contributed by atoms with E-state index < -0.39 is 0 Å². The molecule has 0 fully saturated rings. The highest BCUT2D eigenvalue weighted by atomic mass is 35.5. The second-order valence-corrected chi connectivity index (χ2v) is 6.75. The van der Waals surface area contributed by atoms with Crippen LogP contribution in [0.4, 0.5) is 0 Å². The highest BCUT2D eigenvalue weighted by molar-refractivity contribution is 7.71. The molecule has 1 aromatic heterocycles. The Hall–Kier alpha value is -2.31. The van der Waals surface area contributed by atoms with E-state index in [0.717, 1.165) is 35.5 Å². The molecule has 0 unspecified atom stereocenters. The van der Waals surface area contributed by atoms with Crippen LogP contribution < -0.4 is 10.2 Å². The minimum absolute atomic E-state index is 0.489. The normalized spacial score (nSPS) is 10.7. The number of benzene rings is 2. The lowest BCUT2D eigenvalue weighted by molar-refractivity contribution is 0.306. The van der Waals surface area contributed by atoms with Crippen LogP contribution >= 0.6 is 23.8 Å². The molecule has 3 rings (SSSR count). The minimum Gasteiger partial charge on any atom is -0.489 e. The predicted octanol–water partition coefficient (Wildman–Crippen LogP) is 4.87. The van der Waals surface area contributed by atoms with Crippen molar-refractivity contribution in [2.75, 3.05) is 5.43 Å². The largest absolute Gasteiger partial charge is 0.489 e. The van der Waals surface area contributed by atoms with Gasteiger partial charge in [0, 0.05) is 11.4 Å². The SMILES string of the molecule is CCCc1n[nH]c(=S)n1NCc1ccc(OCc2cccc(Cl)c2)cc1. The molecule has 0 amide bonds. The molecule has 0 saturated heterocycles. The van der Waals surface area contributed by atoms with E-state index in [1.807, 2.05) is 53.2 Å². The average molecular weight is 389 g/mol. The number of aromatic amines is 1. The Balaban J connectivity index is 1.56. The molecule has 3 aromatic rings. The fraction of sp³-hybridized carbons (Fsp3) is 0.263. The lowest BCUT2D eigenvalue weighted by atomic mass is 10.2. The topological polar surface area (TPSA) is 54.9 Å². The molecule has 5 nitrogen and oxygen atoms in total. The lowest BCUT2D eigenvalue weighted by Crippen LogP contribution is -2.17. The van der Waals surface area contributed by atoms with Crippen LogP contribution in [0, 0.1) is 4.77 Å². The third-order valence-electron chi connectivity index (χ3n) is 3.87. The van der Waals surface area contributed by atoms with Gasteiger partial charge in [0.2, 0.25) is 4.77 Å². The Morgan fingerprint density at radius 2 is 2.00 bits per heavy atom. The molecule has 2 N–H and O–H groups in total. The predicted molar refractivity (Wildman–Crippen MR) is 107 cm³/mol. The number of hydrogen-bond acceptors (Lipinski definition) is 4. The number of nitrogens with one attached hydrogen (secondary N) is 2. The summed E-state index contributed by atoms with van der Waals surface area (Å²) in [6.07, 6.45) is 1.89. The van der Waals surface area contributed by atoms with E-state index in [2.05, 4.69) is 22.5 Å². The van der Waals surface area contributed by atoms with Crippen molar-refractivity contribution in [1.29, 1.82) is 0 Å². The average Bonchev–Trinajstić information content (AvgIpc) is 2.99. The summed E-state index contributed by atoms with van der Waals surface area (Å²) in [6, 6.07) is 15.7. The molecule has 0 aliphatic heterocycles. The molecule has 1 heterocycles. The fourth-order valence-electron chi connectivity index (χ4n) is 2.55. The first-order valence-electron chi connectivity index (χ1n) is 8.52. The fourth-order valence-corrected chi connectivity index (χ4v) is 2.98. The molecule has 136 valence electrons. The van der Waals surface area contributed by atoms with Crippen LogP contribution in [0.15, 0.2) is 48.5 Å². The van der Waals surface area contributed by atoms with Gasteiger partial charge in [-0.3, -0.25) is 5.10 Å². The van der Waals surface area contributed by atoms with Gasteiger partial charge in [0.15, 0.2) is 5.82 Å². The molecule has 0 radical (unpaired) electrons. The molecule has 0 aliphatic rings. The van der Waals surface area contributed by atoms with Crippen molar-refractivity contribution in [2.45, 2.75) is 32.9 Å². The summed E-state index contributed by atoms with van der Waals surface area (Å²) in [5.41, 5.74) is 5.48. The van der Waals surface area contributed by atoms with Gasteiger partial charge in [-0.25, -0.2) is 4.68 Å². The van der Waals surface area contributed by atoms with Gasteiger partial charge in [-0.2, -0.15) is 5.10 Å². The highest BCUT2D eigenvalue weighted by Gasteiger charge is 2.05. The maximum absolute atomic E-state index is 5.99.